The molecule has 0 amide bonds. The fourth-order valence-electron chi connectivity index (χ4n) is 3.41. The molecule has 96 valence electrons. The molecule has 2 nitrogen and oxygen atoms in total. The number of rotatable bonds is 2. The summed E-state index contributed by atoms with van der Waals surface area (Å²) in [5.74, 6) is 1.81. The van der Waals surface area contributed by atoms with E-state index in [2.05, 4.69) is 32.9 Å². The van der Waals surface area contributed by atoms with E-state index < -0.39 is 5.60 Å². The smallest absolute Gasteiger partial charge is 0.122 e. The Labute approximate surface area is 104 Å². The number of allylic oxidation sites excluding steroid dienone is 3. The minimum atomic E-state index is -0.465. The SMILES string of the molecule is CC1=CC2C(=CC1)C(C)(OO)CCC2C(C)C. The topological polar surface area (TPSA) is 29.5 Å². The van der Waals surface area contributed by atoms with Crippen LogP contribution >= 0.6 is 0 Å². The Morgan fingerprint density at radius 2 is 2.18 bits per heavy atom. The Balaban J connectivity index is 2.34. The third-order valence-electron chi connectivity index (χ3n) is 4.55. The van der Waals surface area contributed by atoms with Gasteiger partial charge in [0.15, 0.2) is 0 Å². The molecular formula is C15H24O2. The van der Waals surface area contributed by atoms with E-state index in [0.717, 1.165) is 19.3 Å². The fraction of sp³-hybridized carbons (Fsp3) is 0.733. The van der Waals surface area contributed by atoms with Crippen LogP contribution in [0.25, 0.3) is 0 Å². The Hall–Kier alpha value is -0.600. The second-order valence-electron chi connectivity index (χ2n) is 6.17. The van der Waals surface area contributed by atoms with Crippen molar-refractivity contribution < 1.29 is 10.1 Å². The highest BCUT2D eigenvalue weighted by Gasteiger charge is 2.44. The average Bonchev–Trinajstić information content (AvgIpc) is 2.28. The Bertz CT molecular complexity index is 354. The molecule has 0 heterocycles. The second kappa shape index (κ2) is 4.58. The Morgan fingerprint density at radius 3 is 2.76 bits per heavy atom. The van der Waals surface area contributed by atoms with Crippen LogP contribution in [-0.2, 0) is 4.89 Å². The van der Waals surface area contributed by atoms with Crippen molar-refractivity contribution in [2.45, 2.75) is 52.6 Å². The summed E-state index contributed by atoms with van der Waals surface area (Å²) in [5.41, 5.74) is 2.26. The molecule has 3 atom stereocenters. The normalized spacial score (nSPS) is 37.5. The molecule has 0 aromatic heterocycles. The van der Waals surface area contributed by atoms with Gasteiger partial charge < -0.3 is 0 Å². The number of hydrogen-bond acceptors (Lipinski definition) is 2. The summed E-state index contributed by atoms with van der Waals surface area (Å²) in [6.07, 6.45) is 7.69. The molecule has 0 aromatic carbocycles. The van der Waals surface area contributed by atoms with Gasteiger partial charge in [0, 0.05) is 5.92 Å². The van der Waals surface area contributed by atoms with Crippen LogP contribution in [0.4, 0.5) is 0 Å². The first-order valence-corrected chi connectivity index (χ1v) is 6.68. The van der Waals surface area contributed by atoms with E-state index in [4.69, 9.17) is 4.89 Å². The first-order valence-electron chi connectivity index (χ1n) is 6.68. The van der Waals surface area contributed by atoms with Gasteiger partial charge in [0.25, 0.3) is 0 Å². The summed E-state index contributed by atoms with van der Waals surface area (Å²) in [5, 5.41) is 9.22. The molecule has 2 aliphatic rings. The molecular weight excluding hydrogens is 212 g/mol. The lowest BCUT2D eigenvalue weighted by atomic mass is 9.63. The van der Waals surface area contributed by atoms with E-state index in [0.29, 0.717) is 17.8 Å². The predicted molar refractivity (Wildman–Crippen MR) is 69.6 cm³/mol. The van der Waals surface area contributed by atoms with Gasteiger partial charge in [0.1, 0.15) is 5.60 Å². The molecule has 2 aliphatic carbocycles. The molecule has 0 bridgehead atoms. The van der Waals surface area contributed by atoms with Crippen LogP contribution in [0.15, 0.2) is 23.3 Å². The highest BCUT2D eigenvalue weighted by molar-refractivity contribution is 5.33. The van der Waals surface area contributed by atoms with Crippen molar-refractivity contribution in [1.82, 2.24) is 0 Å². The van der Waals surface area contributed by atoms with Crippen LogP contribution in [0.3, 0.4) is 0 Å². The first-order chi connectivity index (χ1) is 7.98. The van der Waals surface area contributed by atoms with Gasteiger partial charge in [0.05, 0.1) is 0 Å². The van der Waals surface area contributed by atoms with E-state index in [1.165, 1.54) is 11.1 Å². The second-order valence-corrected chi connectivity index (χ2v) is 6.17. The van der Waals surface area contributed by atoms with Crippen LogP contribution < -0.4 is 0 Å². The van der Waals surface area contributed by atoms with E-state index >= 15 is 0 Å². The summed E-state index contributed by atoms with van der Waals surface area (Å²) >= 11 is 0. The monoisotopic (exact) mass is 236 g/mol. The maximum absolute atomic E-state index is 9.22. The number of hydrogen-bond donors (Lipinski definition) is 1. The van der Waals surface area contributed by atoms with Gasteiger partial charge >= 0.3 is 0 Å². The third kappa shape index (κ3) is 2.21. The van der Waals surface area contributed by atoms with Gasteiger partial charge in [-0.2, -0.15) is 0 Å². The largest absolute Gasteiger partial charge is 0.251 e. The molecule has 0 aromatic rings. The molecule has 1 saturated carbocycles. The van der Waals surface area contributed by atoms with E-state index in [9.17, 15) is 5.26 Å². The predicted octanol–water partition coefficient (Wildman–Crippen LogP) is 4.19. The van der Waals surface area contributed by atoms with Crippen molar-refractivity contribution in [2.24, 2.45) is 17.8 Å². The molecule has 0 radical (unpaired) electrons. The van der Waals surface area contributed by atoms with Gasteiger partial charge in [-0.1, -0.05) is 31.6 Å². The van der Waals surface area contributed by atoms with Crippen molar-refractivity contribution in [2.75, 3.05) is 0 Å². The standard InChI is InChI=1S/C15H24O2/c1-10(2)12-7-8-15(4,17-16)14-6-5-11(3)9-13(12)14/h6,9-10,12-13,16H,5,7-8H2,1-4H3. The van der Waals surface area contributed by atoms with Crippen LogP contribution in [0, 0.1) is 17.8 Å². The van der Waals surface area contributed by atoms with Gasteiger partial charge in [-0.05, 0) is 50.5 Å². The molecule has 3 unspecified atom stereocenters. The van der Waals surface area contributed by atoms with Crippen molar-refractivity contribution in [1.29, 1.82) is 0 Å². The first kappa shape index (κ1) is 12.8. The zero-order chi connectivity index (χ0) is 12.6. The highest BCUT2D eigenvalue weighted by Crippen LogP contribution is 2.48. The Kier molecular flexibility index (Phi) is 3.46. The summed E-state index contributed by atoms with van der Waals surface area (Å²) in [7, 11) is 0. The number of fused-ring (bicyclic) bond motifs is 1. The summed E-state index contributed by atoms with van der Waals surface area (Å²) < 4.78 is 0. The Morgan fingerprint density at radius 1 is 1.47 bits per heavy atom. The summed E-state index contributed by atoms with van der Waals surface area (Å²) in [6, 6.07) is 0. The van der Waals surface area contributed by atoms with Gasteiger partial charge in [-0.15, -0.1) is 0 Å². The van der Waals surface area contributed by atoms with Crippen molar-refractivity contribution in [3.8, 4) is 0 Å². The van der Waals surface area contributed by atoms with Crippen molar-refractivity contribution in [3.05, 3.63) is 23.3 Å². The maximum atomic E-state index is 9.22. The van der Waals surface area contributed by atoms with Gasteiger partial charge in [0.2, 0.25) is 0 Å². The molecule has 0 saturated heterocycles. The van der Waals surface area contributed by atoms with Crippen LogP contribution in [0.2, 0.25) is 0 Å². The van der Waals surface area contributed by atoms with Crippen LogP contribution in [0.1, 0.15) is 47.0 Å². The van der Waals surface area contributed by atoms with Gasteiger partial charge in [-0.25, -0.2) is 4.89 Å². The molecule has 0 spiro atoms. The van der Waals surface area contributed by atoms with Crippen LogP contribution in [-0.4, -0.2) is 10.9 Å². The van der Waals surface area contributed by atoms with Crippen molar-refractivity contribution in [3.63, 3.8) is 0 Å². The third-order valence-corrected chi connectivity index (χ3v) is 4.55. The van der Waals surface area contributed by atoms with Crippen LogP contribution in [0.5, 0.6) is 0 Å². The highest BCUT2D eigenvalue weighted by atomic mass is 17.1. The lowest BCUT2D eigenvalue weighted by Gasteiger charge is -2.45. The molecule has 17 heavy (non-hydrogen) atoms. The molecule has 2 heteroatoms. The zero-order valence-electron chi connectivity index (χ0n) is 11.4. The van der Waals surface area contributed by atoms with E-state index in [-0.39, 0.29) is 0 Å². The molecule has 0 aliphatic heterocycles. The minimum absolute atomic E-state index is 0.453. The summed E-state index contributed by atoms with van der Waals surface area (Å²) in [6.45, 7) is 8.79. The zero-order valence-corrected chi connectivity index (χ0v) is 11.4. The molecule has 1 fully saturated rings. The summed E-state index contributed by atoms with van der Waals surface area (Å²) in [4.78, 5) is 4.81. The lowest BCUT2D eigenvalue weighted by molar-refractivity contribution is -0.313. The maximum Gasteiger partial charge on any atom is 0.122 e. The van der Waals surface area contributed by atoms with E-state index in [1.807, 2.05) is 6.92 Å². The average molecular weight is 236 g/mol. The lowest BCUT2D eigenvalue weighted by Crippen LogP contribution is -2.43. The van der Waals surface area contributed by atoms with Gasteiger partial charge in [-0.3, -0.25) is 5.26 Å². The minimum Gasteiger partial charge on any atom is -0.251 e. The fourth-order valence-corrected chi connectivity index (χ4v) is 3.41. The molecule has 1 N–H and O–H groups in total. The molecule has 2 rings (SSSR count). The quantitative estimate of drug-likeness (QED) is 0.442. The van der Waals surface area contributed by atoms with E-state index in [1.54, 1.807) is 0 Å². The van der Waals surface area contributed by atoms with Crippen molar-refractivity contribution >= 4 is 0 Å².